The van der Waals surface area contributed by atoms with Gasteiger partial charge in [-0.05, 0) is 41.6 Å². The quantitative estimate of drug-likeness (QED) is 0.385. The van der Waals surface area contributed by atoms with Crippen LogP contribution in [0.1, 0.15) is 27.5 Å². The summed E-state index contributed by atoms with van der Waals surface area (Å²) in [5, 5.41) is 13.5. The van der Waals surface area contributed by atoms with E-state index in [2.05, 4.69) is 4.98 Å². The fraction of sp³-hybridized carbons (Fsp3) is 0.200. The number of nitrogens with two attached hydrogens (primary N) is 1. The number of nitrogens with one attached hydrogen (secondary N) is 1. The molecule has 0 unspecified atom stereocenters. The van der Waals surface area contributed by atoms with E-state index in [1.165, 1.54) is 0 Å². The van der Waals surface area contributed by atoms with E-state index in [0.717, 1.165) is 32.9 Å². The van der Waals surface area contributed by atoms with E-state index in [1.54, 1.807) is 9.80 Å². The summed E-state index contributed by atoms with van der Waals surface area (Å²) in [6, 6.07) is 14.6. The van der Waals surface area contributed by atoms with E-state index in [1.807, 2.05) is 48.5 Å². The average molecular weight is 461 g/mol. The smallest absolute Gasteiger partial charge is 0.319 e. The molecule has 0 bridgehead atoms. The average Bonchev–Trinajstić information content (AvgIpc) is 3.52. The van der Waals surface area contributed by atoms with Crippen molar-refractivity contribution in [3.05, 3.63) is 65.4 Å². The van der Waals surface area contributed by atoms with Crippen LogP contribution >= 0.6 is 11.6 Å². The molecule has 1 aromatic heterocycles. The topological polar surface area (TPSA) is 103 Å². The number of hydrogen-bond acceptors (Lipinski definition) is 3. The second-order valence-corrected chi connectivity index (χ2v) is 8.90. The number of nitrogens with zero attached hydrogens (tertiary/aromatic N) is 2. The van der Waals surface area contributed by atoms with Crippen molar-refractivity contribution >= 4 is 56.6 Å². The number of urea groups is 1. The maximum Gasteiger partial charge on any atom is 0.319 e. The number of H-pyrrole nitrogens is 1. The van der Waals surface area contributed by atoms with Gasteiger partial charge in [0.1, 0.15) is 11.4 Å². The Balaban J connectivity index is 1.44. The van der Waals surface area contributed by atoms with Gasteiger partial charge in [0.15, 0.2) is 0 Å². The minimum atomic E-state index is -0.479. The van der Waals surface area contributed by atoms with E-state index in [4.69, 9.17) is 17.3 Å². The number of amides is 3. The number of phenols is 1. The number of alkyl halides is 1. The molecular weight excluding hydrogens is 440 g/mol. The van der Waals surface area contributed by atoms with Gasteiger partial charge in [0.25, 0.3) is 5.91 Å². The first-order valence-electron chi connectivity index (χ1n) is 10.8. The number of carbonyl (C=O) groups excluding carboxylic acids is 2. The van der Waals surface area contributed by atoms with Gasteiger partial charge in [-0.2, -0.15) is 0 Å². The molecule has 0 saturated carbocycles. The Labute approximate surface area is 194 Å². The van der Waals surface area contributed by atoms with Crippen molar-refractivity contribution in [2.75, 3.05) is 28.8 Å². The maximum atomic E-state index is 13.6. The Kier molecular flexibility index (Phi) is 4.32. The highest BCUT2D eigenvalue weighted by Gasteiger charge is 2.36. The summed E-state index contributed by atoms with van der Waals surface area (Å²) in [7, 11) is 0. The summed E-state index contributed by atoms with van der Waals surface area (Å²) in [6.45, 7) is 0.923. The van der Waals surface area contributed by atoms with Crippen molar-refractivity contribution in [1.29, 1.82) is 0 Å². The lowest BCUT2D eigenvalue weighted by Gasteiger charge is -2.17. The van der Waals surface area contributed by atoms with Crippen molar-refractivity contribution in [3.63, 3.8) is 0 Å². The molecule has 3 aromatic carbocycles. The predicted molar refractivity (Wildman–Crippen MR) is 130 cm³/mol. The highest BCUT2D eigenvalue weighted by molar-refractivity contribution is 6.19. The first kappa shape index (κ1) is 19.9. The number of primary amides is 1. The highest BCUT2D eigenvalue weighted by Crippen LogP contribution is 2.47. The van der Waals surface area contributed by atoms with Crippen molar-refractivity contribution in [3.8, 4) is 5.75 Å². The summed E-state index contributed by atoms with van der Waals surface area (Å²) in [6.07, 6.45) is 0.682. The third-order valence-corrected chi connectivity index (χ3v) is 7.21. The number of aromatic hydroxyl groups is 1. The monoisotopic (exact) mass is 460 g/mol. The number of hydrogen-bond donors (Lipinski definition) is 3. The lowest BCUT2D eigenvalue weighted by atomic mass is 9.97. The number of aromatic nitrogens is 1. The van der Waals surface area contributed by atoms with Gasteiger partial charge in [0.2, 0.25) is 0 Å². The third-order valence-electron chi connectivity index (χ3n) is 6.84. The molecule has 2 aliphatic heterocycles. The number of anilines is 2. The normalized spacial score (nSPS) is 17.1. The van der Waals surface area contributed by atoms with Crippen LogP contribution in [0.4, 0.5) is 16.2 Å². The molecule has 3 amide bonds. The van der Waals surface area contributed by atoms with Crippen molar-refractivity contribution in [2.24, 2.45) is 5.73 Å². The summed E-state index contributed by atoms with van der Waals surface area (Å²) in [4.78, 5) is 31.9. The molecule has 6 rings (SSSR count). The predicted octanol–water partition coefficient (Wildman–Crippen LogP) is 4.45. The lowest BCUT2D eigenvalue weighted by Crippen LogP contribution is -2.33. The standard InChI is InChI=1S/C25H21ClN4O3/c26-11-14-12-30(21-9-13-3-1-2-4-15(13)23(31)22(14)21)24(32)19-10-17-16-7-8-29(25(27)33)20(16)6-5-18(17)28-19/h1-6,9-10,14,28,31H,7-8,11-12H2,(H2,27,33)/t14-/m0/s1. The zero-order chi connectivity index (χ0) is 22.9. The molecule has 8 heteroatoms. The number of fused-ring (bicyclic) bond motifs is 5. The maximum absolute atomic E-state index is 13.6. The first-order valence-corrected chi connectivity index (χ1v) is 11.4. The van der Waals surface area contributed by atoms with E-state index >= 15 is 0 Å². The molecule has 0 fully saturated rings. The Bertz CT molecular complexity index is 1480. The minimum Gasteiger partial charge on any atom is -0.507 e. The number of carbonyl (C=O) groups is 2. The van der Waals surface area contributed by atoms with Crippen LogP contribution in [0.15, 0.2) is 48.5 Å². The van der Waals surface area contributed by atoms with Gasteiger partial charge in [-0.3, -0.25) is 9.69 Å². The highest BCUT2D eigenvalue weighted by atomic mass is 35.5. The Morgan fingerprint density at radius 3 is 2.70 bits per heavy atom. The Morgan fingerprint density at radius 1 is 1.09 bits per heavy atom. The number of benzene rings is 3. The van der Waals surface area contributed by atoms with Crippen LogP contribution in [-0.4, -0.2) is 41.0 Å². The van der Waals surface area contributed by atoms with Gasteiger partial charge in [0, 0.05) is 52.4 Å². The number of phenolic OH excluding ortho intramolecular Hbond substituents is 1. The zero-order valence-electron chi connectivity index (χ0n) is 17.6. The molecule has 1 atom stereocenters. The van der Waals surface area contributed by atoms with Crippen molar-refractivity contribution in [1.82, 2.24) is 4.98 Å². The molecular formula is C25H21ClN4O3. The van der Waals surface area contributed by atoms with E-state index in [-0.39, 0.29) is 17.6 Å². The minimum absolute atomic E-state index is 0.159. The summed E-state index contributed by atoms with van der Waals surface area (Å²) >= 11 is 6.24. The van der Waals surface area contributed by atoms with Gasteiger partial charge in [-0.15, -0.1) is 11.6 Å². The molecule has 4 N–H and O–H groups in total. The lowest BCUT2D eigenvalue weighted by molar-refractivity contribution is 0.0984. The van der Waals surface area contributed by atoms with Crippen LogP contribution in [0.5, 0.6) is 5.75 Å². The fourth-order valence-electron chi connectivity index (χ4n) is 5.29. The Morgan fingerprint density at radius 2 is 1.91 bits per heavy atom. The molecule has 166 valence electrons. The largest absolute Gasteiger partial charge is 0.507 e. The van der Waals surface area contributed by atoms with Crippen LogP contribution in [0.25, 0.3) is 21.7 Å². The molecule has 33 heavy (non-hydrogen) atoms. The molecule has 0 aliphatic carbocycles. The van der Waals surface area contributed by atoms with Crippen LogP contribution in [0.2, 0.25) is 0 Å². The second-order valence-electron chi connectivity index (χ2n) is 8.59. The molecule has 4 aromatic rings. The molecule has 0 radical (unpaired) electrons. The zero-order valence-corrected chi connectivity index (χ0v) is 18.4. The van der Waals surface area contributed by atoms with Gasteiger partial charge in [0.05, 0.1) is 5.69 Å². The molecule has 3 heterocycles. The first-order chi connectivity index (χ1) is 16.0. The Hall–Kier alpha value is -3.71. The SMILES string of the molecule is NC(=O)N1CCc2c1ccc1[nH]c(C(=O)N3C[C@H](CCl)c4c3cc3ccccc3c4O)cc21. The van der Waals surface area contributed by atoms with Gasteiger partial charge >= 0.3 is 6.03 Å². The van der Waals surface area contributed by atoms with Crippen LogP contribution in [0.3, 0.4) is 0 Å². The van der Waals surface area contributed by atoms with Gasteiger partial charge in [-0.25, -0.2) is 4.79 Å². The van der Waals surface area contributed by atoms with Gasteiger partial charge in [-0.1, -0.05) is 24.3 Å². The van der Waals surface area contributed by atoms with Crippen LogP contribution < -0.4 is 15.5 Å². The molecule has 0 spiro atoms. The third kappa shape index (κ3) is 2.82. The van der Waals surface area contributed by atoms with Gasteiger partial charge < -0.3 is 20.7 Å². The van der Waals surface area contributed by atoms with Crippen LogP contribution in [-0.2, 0) is 6.42 Å². The number of rotatable bonds is 2. The van der Waals surface area contributed by atoms with Crippen molar-refractivity contribution < 1.29 is 14.7 Å². The summed E-state index contributed by atoms with van der Waals surface area (Å²) in [5.41, 5.74) is 9.98. The van der Waals surface area contributed by atoms with E-state index < -0.39 is 6.03 Å². The number of halogens is 1. The number of aromatic amines is 1. The summed E-state index contributed by atoms with van der Waals surface area (Å²) < 4.78 is 0. The molecule has 7 nitrogen and oxygen atoms in total. The van der Waals surface area contributed by atoms with Crippen molar-refractivity contribution in [2.45, 2.75) is 12.3 Å². The molecule has 2 aliphatic rings. The molecule has 0 saturated heterocycles. The van der Waals surface area contributed by atoms with E-state index in [0.29, 0.717) is 42.3 Å². The van der Waals surface area contributed by atoms with E-state index in [9.17, 15) is 14.7 Å². The van der Waals surface area contributed by atoms with Crippen LogP contribution in [0, 0.1) is 0 Å². The summed E-state index contributed by atoms with van der Waals surface area (Å²) in [5.74, 6) is 0.137. The fourth-order valence-corrected chi connectivity index (χ4v) is 5.54. The second kappa shape index (κ2) is 7.15.